The Morgan fingerprint density at radius 2 is 1.95 bits per heavy atom. The van der Waals surface area contributed by atoms with Crippen LogP contribution in [0.3, 0.4) is 0 Å². The van der Waals surface area contributed by atoms with Gasteiger partial charge in [-0.15, -0.1) is 11.3 Å². The third-order valence-electron chi connectivity index (χ3n) is 2.62. The molecular formula is C12H12F3N3S. The van der Waals surface area contributed by atoms with Crippen molar-refractivity contribution in [1.82, 2.24) is 9.97 Å². The molecule has 1 atom stereocenters. The van der Waals surface area contributed by atoms with Crippen LogP contribution in [0.2, 0.25) is 0 Å². The van der Waals surface area contributed by atoms with Gasteiger partial charge >= 0.3 is 6.18 Å². The Balaban J connectivity index is 1.97. The lowest BCUT2D eigenvalue weighted by molar-refractivity contribution is -0.137. The molecule has 0 spiro atoms. The molecule has 0 amide bonds. The molecule has 7 heteroatoms. The minimum atomic E-state index is -4.40. The Morgan fingerprint density at radius 3 is 2.53 bits per heavy atom. The van der Waals surface area contributed by atoms with Gasteiger partial charge in [0.25, 0.3) is 0 Å². The maximum Gasteiger partial charge on any atom is 0.443 e. The third kappa shape index (κ3) is 3.74. The quantitative estimate of drug-likeness (QED) is 0.939. The molecule has 0 radical (unpaired) electrons. The van der Waals surface area contributed by atoms with E-state index in [2.05, 4.69) is 9.97 Å². The number of nitrogens with two attached hydrogens (primary N) is 1. The topological polar surface area (TPSA) is 51.8 Å². The summed E-state index contributed by atoms with van der Waals surface area (Å²) < 4.78 is 37.2. The average Bonchev–Trinajstić information content (AvgIpc) is 2.87. The van der Waals surface area contributed by atoms with Crippen LogP contribution >= 0.6 is 11.3 Å². The van der Waals surface area contributed by atoms with E-state index in [0.717, 1.165) is 5.56 Å². The van der Waals surface area contributed by atoms with E-state index in [1.807, 2.05) is 12.1 Å². The van der Waals surface area contributed by atoms with E-state index in [1.165, 1.54) is 6.20 Å². The summed E-state index contributed by atoms with van der Waals surface area (Å²) in [5, 5.41) is -0.845. The molecule has 0 aliphatic heterocycles. The van der Waals surface area contributed by atoms with E-state index in [1.54, 1.807) is 12.4 Å². The van der Waals surface area contributed by atoms with Crippen molar-refractivity contribution in [1.29, 1.82) is 0 Å². The number of thiazole rings is 1. The largest absolute Gasteiger partial charge is 0.443 e. The molecule has 0 bridgehead atoms. The van der Waals surface area contributed by atoms with Gasteiger partial charge in [-0.2, -0.15) is 13.2 Å². The molecule has 1 unspecified atom stereocenters. The zero-order valence-corrected chi connectivity index (χ0v) is 10.7. The Labute approximate surface area is 112 Å². The van der Waals surface area contributed by atoms with Gasteiger partial charge in [0.05, 0.1) is 0 Å². The number of aromatic nitrogens is 2. The summed E-state index contributed by atoms with van der Waals surface area (Å²) in [7, 11) is 0. The zero-order valence-electron chi connectivity index (χ0n) is 9.89. The van der Waals surface area contributed by atoms with Crippen molar-refractivity contribution in [3.8, 4) is 0 Å². The molecule has 0 saturated carbocycles. The molecule has 2 aromatic heterocycles. The van der Waals surface area contributed by atoms with E-state index in [9.17, 15) is 13.2 Å². The lowest BCUT2D eigenvalue weighted by atomic mass is 10.1. The molecule has 0 aliphatic rings. The van der Waals surface area contributed by atoms with Crippen molar-refractivity contribution in [2.45, 2.75) is 25.1 Å². The third-order valence-corrected chi connectivity index (χ3v) is 3.80. The summed E-state index contributed by atoms with van der Waals surface area (Å²) in [6, 6.07) is 3.29. The van der Waals surface area contributed by atoms with Gasteiger partial charge in [-0.25, -0.2) is 4.98 Å². The fraction of sp³-hybridized carbons (Fsp3) is 0.333. The van der Waals surface area contributed by atoms with Gasteiger partial charge in [-0.05, 0) is 30.5 Å². The highest BCUT2D eigenvalue weighted by Crippen LogP contribution is 2.34. The predicted molar refractivity (Wildman–Crippen MR) is 66.6 cm³/mol. The molecule has 2 heterocycles. The number of hydrogen-bond donors (Lipinski definition) is 1. The standard InChI is InChI=1S/C12H12F3N3S/c13-12(14,15)11-18-7-10(19-11)9(16)2-1-8-3-5-17-6-4-8/h3-7,9H,1-2,16H2. The number of rotatable bonds is 4. The first-order valence-electron chi connectivity index (χ1n) is 5.64. The van der Waals surface area contributed by atoms with Crippen LogP contribution in [0.4, 0.5) is 13.2 Å². The molecule has 102 valence electrons. The van der Waals surface area contributed by atoms with Crippen LogP contribution in [-0.2, 0) is 12.6 Å². The van der Waals surface area contributed by atoms with E-state index in [0.29, 0.717) is 29.1 Å². The second kappa shape index (κ2) is 5.66. The summed E-state index contributed by atoms with van der Waals surface area (Å²) in [4.78, 5) is 7.72. The molecular weight excluding hydrogens is 275 g/mol. The van der Waals surface area contributed by atoms with E-state index in [-0.39, 0.29) is 0 Å². The molecule has 3 nitrogen and oxygen atoms in total. The number of pyridine rings is 1. The molecule has 2 aromatic rings. The fourth-order valence-corrected chi connectivity index (χ4v) is 2.42. The second-order valence-corrected chi connectivity index (χ2v) is 5.13. The molecule has 0 saturated heterocycles. The number of hydrogen-bond acceptors (Lipinski definition) is 4. The first kappa shape index (κ1) is 14.0. The first-order valence-corrected chi connectivity index (χ1v) is 6.46. The summed E-state index contributed by atoms with van der Waals surface area (Å²) in [6.45, 7) is 0. The van der Waals surface area contributed by atoms with Gasteiger partial charge in [-0.1, -0.05) is 0 Å². The van der Waals surface area contributed by atoms with Gasteiger partial charge < -0.3 is 5.73 Å². The first-order chi connectivity index (χ1) is 8.97. The van der Waals surface area contributed by atoms with Gasteiger partial charge in [0.1, 0.15) is 0 Å². The fourth-order valence-electron chi connectivity index (χ4n) is 1.60. The minimum Gasteiger partial charge on any atom is -0.323 e. The summed E-state index contributed by atoms with van der Waals surface area (Å²) in [5.41, 5.74) is 6.95. The van der Waals surface area contributed by atoms with Crippen molar-refractivity contribution in [3.63, 3.8) is 0 Å². The van der Waals surface area contributed by atoms with Crippen LogP contribution in [0.1, 0.15) is 27.9 Å². The van der Waals surface area contributed by atoms with Gasteiger partial charge in [0, 0.05) is 29.5 Å². The van der Waals surface area contributed by atoms with Crippen LogP contribution in [0, 0.1) is 0 Å². The molecule has 2 rings (SSSR count). The van der Waals surface area contributed by atoms with Crippen molar-refractivity contribution in [2.75, 3.05) is 0 Å². The molecule has 0 aliphatic carbocycles. The SMILES string of the molecule is NC(CCc1ccncc1)c1cnc(C(F)(F)F)s1. The maximum absolute atomic E-state index is 12.4. The number of aryl methyl sites for hydroxylation is 1. The highest BCUT2D eigenvalue weighted by molar-refractivity contribution is 7.11. The smallest absolute Gasteiger partial charge is 0.323 e. The Hall–Kier alpha value is -1.47. The van der Waals surface area contributed by atoms with Gasteiger partial charge in [-0.3, -0.25) is 4.98 Å². The van der Waals surface area contributed by atoms with Crippen LogP contribution in [0.5, 0.6) is 0 Å². The Morgan fingerprint density at radius 1 is 1.26 bits per heavy atom. The Kier molecular flexibility index (Phi) is 4.16. The molecule has 0 fully saturated rings. The predicted octanol–water partition coefficient (Wildman–Crippen LogP) is 3.19. The average molecular weight is 287 g/mol. The summed E-state index contributed by atoms with van der Waals surface area (Å²) in [5.74, 6) is 0. The number of halogens is 3. The van der Waals surface area contributed by atoms with Crippen molar-refractivity contribution >= 4 is 11.3 Å². The lowest BCUT2D eigenvalue weighted by Gasteiger charge is -2.08. The van der Waals surface area contributed by atoms with Gasteiger partial charge in [0.2, 0.25) is 0 Å². The van der Waals surface area contributed by atoms with Crippen LogP contribution < -0.4 is 5.73 Å². The molecule has 0 aromatic carbocycles. The van der Waals surface area contributed by atoms with Gasteiger partial charge in [0.15, 0.2) is 5.01 Å². The highest BCUT2D eigenvalue weighted by Gasteiger charge is 2.34. The second-order valence-electron chi connectivity index (χ2n) is 4.07. The number of alkyl halides is 3. The summed E-state index contributed by atoms with van der Waals surface area (Å²) in [6.07, 6.45) is 1.44. The van der Waals surface area contributed by atoms with Crippen molar-refractivity contribution in [3.05, 3.63) is 46.2 Å². The number of nitrogens with zero attached hydrogens (tertiary/aromatic N) is 2. The lowest BCUT2D eigenvalue weighted by Crippen LogP contribution is -2.09. The summed E-state index contributed by atoms with van der Waals surface area (Å²) >= 11 is 0.610. The van der Waals surface area contributed by atoms with E-state index < -0.39 is 17.2 Å². The van der Waals surface area contributed by atoms with Crippen LogP contribution in [0.15, 0.2) is 30.7 Å². The zero-order chi connectivity index (χ0) is 13.9. The monoisotopic (exact) mass is 287 g/mol. The van der Waals surface area contributed by atoms with Crippen LogP contribution in [-0.4, -0.2) is 9.97 Å². The normalized spacial score (nSPS) is 13.5. The molecule has 19 heavy (non-hydrogen) atoms. The van der Waals surface area contributed by atoms with Crippen molar-refractivity contribution in [2.24, 2.45) is 5.73 Å². The van der Waals surface area contributed by atoms with Crippen molar-refractivity contribution < 1.29 is 13.2 Å². The van der Waals surface area contributed by atoms with E-state index >= 15 is 0 Å². The minimum absolute atomic E-state index is 0.429. The van der Waals surface area contributed by atoms with Crippen LogP contribution in [0.25, 0.3) is 0 Å². The van der Waals surface area contributed by atoms with E-state index in [4.69, 9.17) is 5.73 Å². The highest BCUT2D eigenvalue weighted by atomic mass is 32.1. The maximum atomic E-state index is 12.4. The Bertz CT molecular complexity index is 525. The molecule has 2 N–H and O–H groups in total.